The Morgan fingerprint density at radius 1 is 0.975 bits per heavy atom. The normalized spacial score (nSPS) is 12.0. The van der Waals surface area contributed by atoms with Crippen molar-refractivity contribution in [3.05, 3.63) is 93.2 Å². The molecule has 3 rings (SSSR count). The van der Waals surface area contributed by atoms with Crippen molar-refractivity contribution >= 4 is 45.0 Å². The molecule has 40 heavy (non-hydrogen) atoms. The van der Waals surface area contributed by atoms with Crippen molar-refractivity contribution in [1.82, 2.24) is 14.6 Å². The number of hydrogen-bond donors (Lipinski definition) is 3. The molecular formula is C25H25Cl2F3N4O5S. The summed E-state index contributed by atoms with van der Waals surface area (Å²) < 4.78 is 67.1. The molecule has 2 aromatic carbocycles. The van der Waals surface area contributed by atoms with Gasteiger partial charge in [0.15, 0.2) is 0 Å². The number of hydrogen-bond acceptors (Lipinski definition) is 6. The molecule has 15 heteroatoms. The minimum Gasteiger partial charge on any atom is -0.395 e. The number of aliphatic hydroxyl groups excluding tert-OH is 2. The Morgan fingerprint density at radius 2 is 1.62 bits per heavy atom. The third-order valence-electron chi connectivity index (χ3n) is 5.63. The van der Waals surface area contributed by atoms with E-state index in [9.17, 15) is 36.6 Å². The zero-order valence-electron chi connectivity index (χ0n) is 20.8. The minimum atomic E-state index is -4.57. The smallest absolute Gasteiger partial charge is 0.395 e. The number of halogens is 5. The third-order valence-corrected chi connectivity index (χ3v) is 8.41. The van der Waals surface area contributed by atoms with Gasteiger partial charge in [0.2, 0.25) is 0 Å². The van der Waals surface area contributed by atoms with E-state index in [2.05, 4.69) is 10.3 Å². The zero-order chi connectivity index (χ0) is 29.5. The van der Waals surface area contributed by atoms with E-state index in [0.29, 0.717) is 11.1 Å². The molecule has 1 amide bonds. The Balaban J connectivity index is 1.84. The molecule has 0 aliphatic rings. The Labute approximate surface area is 239 Å². The van der Waals surface area contributed by atoms with Gasteiger partial charge in [-0.1, -0.05) is 41.4 Å². The number of rotatable bonds is 12. The summed E-state index contributed by atoms with van der Waals surface area (Å²) in [5.74, 6) is -0.555. The molecule has 0 spiro atoms. The summed E-state index contributed by atoms with van der Waals surface area (Å²) in [5.41, 5.74) is -0.00262. The highest BCUT2D eigenvalue weighted by molar-refractivity contribution is 7.90. The van der Waals surface area contributed by atoms with Gasteiger partial charge in [-0.05, 0) is 47.5 Å². The summed E-state index contributed by atoms with van der Waals surface area (Å²) in [5, 5.41) is 21.7. The number of aromatic nitrogens is 1. The number of carbonyl (C=O) groups excluding carboxylic acids is 1. The fourth-order valence-electron chi connectivity index (χ4n) is 3.60. The van der Waals surface area contributed by atoms with Crippen LogP contribution in [0, 0.1) is 0 Å². The molecule has 0 saturated carbocycles. The van der Waals surface area contributed by atoms with E-state index in [1.807, 2.05) is 0 Å². The second kappa shape index (κ2) is 13.6. The van der Waals surface area contributed by atoms with E-state index >= 15 is 0 Å². The van der Waals surface area contributed by atoms with Gasteiger partial charge in [-0.25, -0.2) is 0 Å². The molecule has 0 aliphatic carbocycles. The number of nitrogens with one attached hydrogen (secondary N) is 1. The Hall–Kier alpha value is -2.94. The topological polar surface area (TPSA) is 123 Å². The molecule has 0 bridgehead atoms. The van der Waals surface area contributed by atoms with Crippen LogP contribution in [0.3, 0.4) is 0 Å². The number of benzene rings is 2. The molecule has 0 atom stereocenters. The largest absolute Gasteiger partial charge is 0.433 e. The SMILES string of the molecule is O=C(NCc1ccc(C(F)(F)F)nc1)c1ccc(N(Cc2cccc(Cl)c2Cl)S(=O)(=O)N(CCO)CCO)cc1. The van der Waals surface area contributed by atoms with Gasteiger partial charge in [-0.15, -0.1) is 0 Å². The first-order chi connectivity index (χ1) is 18.9. The van der Waals surface area contributed by atoms with E-state index in [1.165, 1.54) is 30.3 Å². The Kier molecular flexibility index (Phi) is 10.8. The molecule has 216 valence electrons. The molecular weight excluding hydrogens is 596 g/mol. The monoisotopic (exact) mass is 620 g/mol. The molecule has 0 radical (unpaired) electrons. The maximum Gasteiger partial charge on any atom is 0.433 e. The van der Waals surface area contributed by atoms with Crippen LogP contribution in [0.15, 0.2) is 60.8 Å². The van der Waals surface area contributed by atoms with Gasteiger partial charge in [0.1, 0.15) is 5.69 Å². The lowest BCUT2D eigenvalue weighted by Gasteiger charge is -2.31. The first-order valence-corrected chi connectivity index (χ1v) is 13.9. The number of nitrogens with zero attached hydrogens (tertiary/aromatic N) is 3. The Morgan fingerprint density at radius 3 is 2.17 bits per heavy atom. The standard InChI is InChI=1S/C25H25Cl2F3N4O5S/c26-21-3-1-2-19(23(21)27)16-34(40(38,39)33(10-12-35)11-13-36)20-7-5-18(6-8-20)24(37)32-15-17-4-9-22(31-14-17)25(28,29)30/h1-9,14,35-36H,10-13,15-16H2,(H,32,37). The molecule has 0 unspecified atom stereocenters. The summed E-state index contributed by atoms with van der Waals surface area (Å²) in [6, 6.07) is 12.3. The van der Waals surface area contributed by atoms with E-state index in [-0.39, 0.29) is 47.5 Å². The number of anilines is 1. The highest BCUT2D eigenvalue weighted by atomic mass is 35.5. The lowest BCUT2D eigenvalue weighted by molar-refractivity contribution is -0.141. The molecule has 1 aromatic heterocycles. The number of pyridine rings is 1. The van der Waals surface area contributed by atoms with Gasteiger partial charge in [-0.2, -0.15) is 25.9 Å². The van der Waals surface area contributed by atoms with E-state index in [4.69, 9.17) is 23.2 Å². The lowest BCUT2D eigenvalue weighted by atomic mass is 10.1. The molecule has 3 N–H and O–H groups in total. The van der Waals surface area contributed by atoms with Crippen LogP contribution in [0.4, 0.5) is 18.9 Å². The van der Waals surface area contributed by atoms with Gasteiger partial charge < -0.3 is 15.5 Å². The average Bonchev–Trinajstić information content (AvgIpc) is 2.92. The summed E-state index contributed by atoms with van der Waals surface area (Å²) in [7, 11) is -4.30. The van der Waals surface area contributed by atoms with Crippen molar-refractivity contribution in [3.8, 4) is 0 Å². The maximum atomic E-state index is 13.6. The summed E-state index contributed by atoms with van der Waals surface area (Å²) in [6.45, 7) is -1.86. The van der Waals surface area contributed by atoms with E-state index < -0.39 is 41.2 Å². The second-order valence-electron chi connectivity index (χ2n) is 8.35. The summed E-state index contributed by atoms with van der Waals surface area (Å²) in [4.78, 5) is 16.0. The Bertz CT molecular complexity index is 1400. The van der Waals surface area contributed by atoms with Gasteiger partial charge in [0.25, 0.3) is 5.91 Å². The molecule has 3 aromatic rings. The highest BCUT2D eigenvalue weighted by Gasteiger charge is 2.32. The molecule has 1 heterocycles. The van der Waals surface area contributed by atoms with Crippen LogP contribution in [0.25, 0.3) is 0 Å². The van der Waals surface area contributed by atoms with Gasteiger partial charge >= 0.3 is 16.4 Å². The van der Waals surface area contributed by atoms with Crippen molar-refractivity contribution in [2.45, 2.75) is 19.3 Å². The van der Waals surface area contributed by atoms with Gasteiger partial charge in [-0.3, -0.25) is 14.1 Å². The molecule has 0 fully saturated rings. The van der Waals surface area contributed by atoms with Crippen LogP contribution >= 0.6 is 23.2 Å². The maximum absolute atomic E-state index is 13.6. The fraction of sp³-hybridized carbons (Fsp3) is 0.280. The number of amides is 1. The molecule has 9 nitrogen and oxygen atoms in total. The van der Waals surface area contributed by atoms with Crippen LogP contribution < -0.4 is 9.62 Å². The van der Waals surface area contributed by atoms with Crippen LogP contribution in [-0.2, 0) is 29.5 Å². The average molecular weight is 621 g/mol. The minimum absolute atomic E-state index is 0.0865. The molecule has 0 aliphatic heterocycles. The summed E-state index contributed by atoms with van der Waals surface area (Å²) in [6.07, 6.45) is -3.56. The van der Waals surface area contributed by atoms with Gasteiger partial charge in [0, 0.05) is 31.4 Å². The van der Waals surface area contributed by atoms with Crippen LogP contribution in [0.2, 0.25) is 10.0 Å². The lowest BCUT2D eigenvalue weighted by Crippen LogP contribution is -2.46. The van der Waals surface area contributed by atoms with Crippen molar-refractivity contribution in [2.75, 3.05) is 30.6 Å². The number of carbonyl (C=O) groups is 1. The number of aliphatic hydroxyl groups is 2. The third kappa shape index (κ3) is 7.83. The van der Waals surface area contributed by atoms with Crippen molar-refractivity contribution in [1.29, 1.82) is 0 Å². The van der Waals surface area contributed by atoms with E-state index in [1.54, 1.807) is 18.2 Å². The van der Waals surface area contributed by atoms with Crippen molar-refractivity contribution in [3.63, 3.8) is 0 Å². The van der Waals surface area contributed by atoms with Crippen LogP contribution in [0.1, 0.15) is 27.2 Å². The predicted octanol–water partition coefficient (Wildman–Crippen LogP) is 3.88. The first kappa shape index (κ1) is 31.6. The van der Waals surface area contributed by atoms with Crippen LogP contribution in [0.5, 0.6) is 0 Å². The zero-order valence-corrected chi connectivity index (χ0v) is 23.1. The fourth-order valence-corrected chi connectivity index (χ4v) is 5.57. The molecule has 0 saturated heterocycles. The first-order valence-electron chi connectivity index (χ1n) is 11.7. The van der Waals surface area contributed by atoms with Crippen LogP contribution in [-0.4, -0.2) is 60.1 Å². The van der Waals surface area contributed by atoms with E-state index in [0.717, 1.165) is 20.9 Å². The number of alkyl halides is 3. The second-order valence-corrected chi connectivity index (χ2v) is 11.0. The van der Waals surface area contributed by atoms with Crippen molar-refractivity contribution in [2.24, 2.45) is 0 Å². The van der Waals surface area contributed by atoms with Crippen molar-refractivity contribution < 1.29 is 36.6 Å². The predicted molar refractivity (Wildman–Crippen MR) is 144 cm³/mol. The quantitative estimate of drug-likeness (QED) is 0.282. The highest BCUT2D eigenvalue weighted by Crippen LogP contribution is 2.30. The van der Waals surface area contributed by atoms with Gasteiger partial charge in [0.05, 0.1) is 35.5 Å². The summed E-state index contributed by atoms with van der Waals surface area (Å²) >= 11 is 12.4.